The van der Waals surface area contributed by atoms with Gasteiger partial charge in [-0.05, 0) is 18.9 Å². The van der Waals surface area contributed by atoms with E-state index in [1.807, 2.05) is 0 Å². The summed E-state index contributed by atoms with van der Waals surface area (Å²) >= 11 is 0. The van der Waals surface area contributed by atoms with Crippen molar-refractivity contribution < 1.29 is 0 Å². The van der Waals surface area contributed by atoms with E-state index in [1.54, 1.807) is 12.5 Å². The molecule has 0 aliphatic rings. The van der Waals surface area contributed by atoms with E-state index in [9.17, 15) is 0 Å². The third kappa shape index (κ3) is 3.19. The molecule has 0 saturated heterocycles. The fourth-order valence-electron chi connectivity index (χ4n) is 1.17. The van der Waals surface area contributed by atoms with Crippen molar-refractivity contribution in [3.63, 3.8) is 0 Å². The highest BCUT2D eigenvalue weighted by atomic mass is 15.0. The second kappa shape index (κ2) is 5.40. The summed E-state index contributed by atoms with van der Waals surface area (Å²) in [6, 6.07) is 1.93. The molecule has 0 aliphatic carbocycles. The smallest absolute Gasteiger partial charge is 0.137 e. The molecule has 0 spiro atoms. The molecule has 1 unspecified atom stereocenters. The zero-order valence-electron chi connectivity index (χ0n) is 8.62. The molecule has 14 heavy (non-hydrogen) atoms. The number of hydrogen-bond donors (Lipinski definition) is 2. The topological polar surface area (TPSA) is 64.5 Å². The Morgan fingerprint density at radius 3 is 2.93 bits per heavy atom. The van der Waals surface area contributed by atoms with Crippen LogP contribution >= 0.6 is 0 Å². The third-order valence-corrected chi connectivity index (χ3v) is 2.03. The van der Waals surface area contributed by atoms with Gasteiger partial charge in [-0.2, -0.15) is 5.26 Å². The van der Waals surface area contributed by atoms with Crippen molar-refractivity contribution >= 4 is 0 Å². The summed E-state index contributed by atoms with van der Waals surface area (Å²) in [4.78, 5) is 6.82. The minimum Gasteiger partial charge on any atom is -0.346 e. The quantitative estimate of drug-likeness (QED) is 0.745. The Morgan fingerprint density at radius 2 is 2.43 bits per heavy atom. The minimum absolute atomic E-state index is 0.267. The van der Waals surface area contributed by atoms with Gasteiger partial charge in [-0.3, -0.25) is 5.32 Å². The molecular formula is C10H16N4. The van der Waals surface area contributed by atoms with Crippen molar-refractivity contribution in [1.29, 1.82) is 5.26 Å². The van der Waals surface area contributed by atoms with Gasteiger partial charge in [0.2, 0.25) is 0 Å². The predicted molar refractivity (Wildman–Crippen MR) is 54.4 cm³/mol. The number of aromatic amines is 1. The monoisotopic (exact) mass is 192 g/mol. The number of H-pyrrole nitrogens is 1. The molecule has 1 atom stereocenters. The van der Waals surface area contributed by atoms with Crippen molar-refractivity contribution in [3.05, 3.63) is 18.2 Å². The number of hydrogen-bond acceptors (Lipinski definition) is 3. The van der Waals surface area contributed by atoms with Crippen molar-refractivity contribution in [1.82, 2.24) is 15.3 Å². The second-order valence-electron chi connectivity index (χ2n) is 3.71. The summed E-state index contributed by atoms with van der Waals surface area (Å²) in [5.41, 5.74) is 0.830. The maximum atomic E-state index is 8.90. The average molecular weight is 192 g/mol. The zero-order chi connectivity index (χ0) is 10.4. The van der Waals surface area contributed by atoms with Crippen LogP contribution in [-0.4, -0.2) is 16.5 Å². The lowest BCUT2D eigenvalue weighted by Crippen LogP contribution is -2.22. The van der Waals surface area contributed by atoms with Crippen LogP contribution in [-0.2, 0) is 0 Å². The number of imidazole rings is 1. The van der Waals surface area contributed by atoms with Crippen molar-refractivity contribution in [2.75, 3.05) is 6.54 Å². The van der Waals surface area contributed by atoms with Gasteiger partial charge in [0, 0.05) is 0 Å². The molecule has 2 N–H and O–H groups in total. The molecule has 0 fully saturated rings. The van der Waals surface area contributed by atoms with Gasteiger partial charge in [-0.15, -0.1) is 0 Å². The minimum atomic E-state index is -0.267. The van der Waals surface area contributed by atoms with E-state index in [0.717, 1.165) is 18.7 Å². The molecule has 1 heterocycles. The van der Waals surface area contributed by atoms with Crippen LogP contribution in [0.2, 0.25) is 0 Å². The summed E-state index contributed by atoms with van der Waals surface area (Å²) in [5, 5.41) is 12.1. The third-order valence-electron chi connectivity index (χ3n) is 2.03. The molecule has 1 aromatic heterocycles. The van der Waals surface area contributed by atoms with Gasteiger partial charge in [0.05, 0.1) is 24.3 Å². The van der Waals surface area contributed by atoms with Gasteiger partial charge in [0.1, 0.15) is 6.04 Å². The number of nitrogens with zero attached hydrogens (tertiary/aromatic N) is 2. The Bertz CT molecular complexity index is 284. The predicted octanol–water partition coefficient (Wildman–Crippen LogP) is 1.61. The Labute approximate surface area is 84.4 Å². The Hall–Kier alpha value is -1.34. The fourth-order valence-corrected chi connectivity index (χ4v) is 1.17. The SMILES string of the molecule is CC(C)CCNC(C#N)c1cnc[nH]1. The van der Waals surface area contributed by atoms with Crippen LogP contribution in [0.25, 0.3) is 0 Å². The van der Waals surface area contributed by atoms with Gasteiger partial charge in [-0.25, -0.2) is 4.98 Å². The van der Waals surface area contributed by atoms with Gasteiger partial charge in [-0.1, -0.05) is 13.8 Å². The molecule has 0 radical (unpaired) electrons. The number of rotatable bonds is 5. The van der Waals surface area contributed by atoms with Crippen molar-refractivity contribution in [2.45, 2.75) is 26.3 Å². The largest absolute Gasteiger partial charge is 0.346 e. The molecule has 0 saturated carbocycles. The van der Waals surface area contributed by atoms with E-state index in [0.29, 0.717) is 5.92 Å². The van der Waals surface area contributed by atoms with Crippen LogP contribution in [0, 0.1) is 17.2 Å². The van der Waals surface area contributed by atoms with Crippen LogP contribution in [0.4, 0.5) is 0 Å². The highest BCUT2D eigenvalue weighted by molar-refractivity contribution is 5.11. The van der Waals surface area contributed by atoms with E-state index in [-0.39, 0.29) is 6.04 Å². The van der Waals surface area contributed by atoms with Crippen LogP contribution in [0.3, 0.4) is 0 Å². The molecule has 1 rings (SSSR count). The van der Waals surface area contributed by atoms with Crippen LogP contribution in [0.5, 0.6) is 0 Å². The van der Waals surface area contributed by atoms with Crippen LogP contribution in [0.15, 0.2) is 12.5 Å². The Kier molecular flexibility index (Phi) is 4.14. The summed E-state index contributed by atoms with van der Waals surface area (Å²) in [6.45, 7) is 5.19. The van der Waals surface area contributed by atoms with Gasteiger partial charge < -0.3 is 4.98 Å². The number of nitrogens with one attached hydrogen (secondary N) is 2. The van der Waals surface area contributed by atoms with Crippen LogP contribution < -0.4 is 5.32 Å². The first kappa shape index (κ1) is 10.7. The van der Waals surface area contributed by atoms with Crippen LogP contribution in [0.1, 0.15) is 32.0 Å². The molecular weight excluding hydrogens is 176 g/mol. The van der Waals surface area contributed by atoms with Gasteiger partial charge in [0.15, 0.2) is 0 Å². The summed E-state index contributed by atoms with van der Waals surface area (Å²) < 4.78 is 0. The van der Waals surface area contributed by atoms with E-state index < -0.39 is 0 Å². The highest BCUT2D eigenvalue weighted by Crippen LogP contribution is 2.07. The van der Waals surface area contributed by atoms with Gasteiger partial charge in [0.25, 0.3) is 0 Å². The molecule has 0 bridgehead atoms. The summed E-state index contributed by atoms with van der Waals surface area (Å²) in [7, 11) is 0. The van der Waals surface area contributed by atoms with Crippen molar-refractivity contribution in [3.8, 4) is 6.07 Å². The second-order valence-corrected chi connectivity index (χ2v) is 3.71. The maximum absolute atomic E-state index is 8.90. The molecule has 4 nitrogen and oxygen atoms in total. The lowest BCUT2D eigenvalue weighted by molar-refractivity contribution is 0.516. The lowest BCUT2D eigenvalue weighted by Gasteiger charge is -2.10. The molecule has 0 aromatic carbocycles. The van der Waals surface area contributed by atoms with E-state index in [2.05, 4.69) is 35.2 Å². The Morgan fingerprint density at radius 1 is 1.64 bits per heavy atom. The molecule has 0 amide bonds. The molecule has 76 valence electrons. The standard InChI is InChI=1S/C10H16N4/c1-8(2)3-4-13-9(5-11)10-6-12-7-14-10/h6-9,13H,3-4H2,1-2H3,(H,12,14). The lowest BCUT2D eigenvalue weighted by atomic mass is 10.1. The highest BCUT2D eigenvalue weighted by Gasteiger charge is 2.10. The number of nitriles is 1. The first-order valence-electron chi connectivity index (χ1n) is 4.85. The molecule has 0 aliphatic heterocycles. The molecule has 1 aromatic rings. The van der Waals surface area contributed by atoms with Gasteiger partial charge >= 0.3 is 0 Å². The average Bonchev–Trinajstić information content (AvgIpc) is 2.64. The fraction of sp³-hybridized carbons (Fsp3) is 0.600. The van der Waals surface area contributed by atoms with Crippen molar-refractivity contribution in [2.24, 2.45) is 5.92 Å². The molecule has 4 heteroatoms. The Balaban J connectivity index is 2.38. The first-order valence-corrected chi connectivity index (χ1v) is 4.85. The number of aromatic nitrogens is 2. The zero-order valence-corrected chi connectivity index (χ0v) is 8.62. The maximum Gasteiger partial charge on any atom is 0.137 e. The van der Waals surface area contributed by atoms with E-state index in [1.165, 1.54) is 0 Å². The van der Waals surface area contributed by atoms with E-state index in [4.69, 9.17) is 5.26 Å². The van der Waals surface area contributed by atoms with E-state index >= 15 is 0 Å². The first-order chi connectivity index (χ1) is 6.74. The summed E-state index contributed by atoms with van der Waals surface area (Å²) in [6.07, 6.45) is 4.34. The summed E-state index contributed by atoms with van der Waals surface area (Å²) in [5.74, 6) is 0.656. The normalized spacial score (nSPS) is 12.7.